The summed E-state index contributed by atoms with van der Waals surface area (Å²) in [4.78, 5) is 1.04. The molecule has 0 aliphatic carbocycles. The van der Waals surface area contributed by atoms with Gasteiger partial charge in [-0.1, -0.05) is 48.5 Å². The van der Waals surface area contributed by atoms with E-state index in [1.807, 2.05) is 54.8 Å². The van der Waals surface area contributed by atoms with Crippen LogP contribution in [0.25, 0.3) is 0 Å². The molecule has 16 heavy (non-hydrogen) atoms. The summed E-state index contributed by atoms with van der Waals surface area (Å²) in [5, 5.41) is 0. The SMILES string of the molecule is CS(O)(Cc1ccccc1)c1ccccc1. The van der Waals surface area contributed by atoms with E-state index in [2.05, 4.69) is 12.1 Å². The molecule has 0 aliphatic rings. The van der Waals surface area contributed by atoms with Gasteiger partial charge in [-0.25, -0.2) is 0 Å². The summed E-state index contributed by atoms with van der Waals surface area (Å²) >= 11 is 0. The maximum atomic E-state index is 10.5. The minimum absolute atomic E-state index is 0.720. The van der Waals surface area contributed by atoms with Gasteiger partial charge in [-0.15, -0.1) is 10.3 Å². The minimum atomic E-state index is -1.71. The van der Waals surface area contributed by atoms with E-state index in [4.69, 9.17) is 0 Å². The van der Waals surface area contributed by atoms with Crippen LogP contribution in [0.5, 0.6) is 0 Å². The minimum Gasteiger partial charge on any atom is -0.347 e. The van der Waals surface area contributed by atoms with Crippen molar-refractivity contribution in [3.63, 3.8) is 0 Å². The lowest BCUT2D eigenvalue weighted by Gasteiger charge is -2.29. The lowest BCUT2D eigenvalue weighted by molar-refractivity contribution is 0.629. The predicted molar refractivity (Wildman–Crippen MR) is 71.0 cm³/mol. The maximum Gasteiger partial charge on any atom is 0.0278 e. The Morgan fingerprint density at radius 3 is 1.94 bits per heavy atom. The Morgan fingerprint density at radius 1 is 0.875 bits per heavy atom. The second-order valence-corrected chi connectivity index (χ2v) is 6.82. The third-order valence-electron chi connectivity index (χ3n) is 2.54. The van der Waals surface area contributed by atoms with Gasteiger partial charge in [-0.3, -0.25) is 0 Å². The Balaban J connectivity index is 2.21. The molecule has 0 fully saturated rings. The Morgan fingerprint density at radius 2 is 1.38 bits per heavy atom. The smallest absolute Gasteiger partial charge is 0.0278 e. The van der Waals surface area contributed by atoms with Crippen LogP contribution in [-0.2, 0) is 5.75 Å². The van der Waals surface area contributed by atoms with E-state index in [9.17, 15) is 4.55 Å². The molecule has 84 valence electrons. The van der Waals surface area contributed by atoms with Gasteiger partial charge in [0.2, 0.25) is 0 Å². The lowest BCUT2D eigenvalue weighted by atomic mass is 10.2. The summed E-state index contributed by atoms with van der Waals surface area (Å²) in [6.07, 6.45) is 1.94. The number of rotatable bonds is 3. The van der Waals surface area contributed by atoms with Crippen LogP contribution in [0.1, 0.15) is 5.56 Å². The first-order chi connectivity index (χ1) is 7.68. The third-order valence-corrected chi connectivity index (χ3v) is 4.72. The molecule has 0 aromatic heterocycles. The van der Waals surface area contributed by atoms with Gasteiger partial charge in [0.25, 0.3) is 0 Å². The molecule has 0 heterocycles. The fourth-order valence-corrected chi connectivity index (χ4v) is 3.45. The molecular weight excluding hydrogens is 216 g/mol. The van der Waals surface area contributed by atoms with Crippen LogP contribution >= 0.6 is 10.3 Å². The summed E-state index contributed by atoms with van der Waals surface area (Å²) in [5.41, 5.74) is 1.19. The van der Waals surface area contributed by atoms with Crippen molar-refractivity contribution in [3.05, 3.63) is 66.2 Å². The highest BCUT2D eigenvalue weighted by Crippen LogP contribution is 2.51. The van der Waals surface area contributed by atoms with Gasteiger partial charge in [-0.2, -0.15) is 0 Å². The fraction of sp³-hybridized carbons (Fsp3) is 0.143. The van der Waals surface area contributed by atoms with Gasteiger partial charge in [0.05, 0.1) is 0 Å². The fourth-order valence-electron chi connectivity index (χ4n) is 1.70. The van der Waals surface area contributed by atoms with Crippen LogP contribution in [0.2, 0.25) is 0 Å². The Labute approximate surface area is 98.3 Å². The first-order valence-electron chi connectivity index (χ1n) is 5.26. The first kappa shape index (κ1) is 11.2. The number of hydrogen-bond donors (Lipinski definition) is 1. The van der Waals surface area contributed by atoms with E-state index in [1.54, 1.807) is 0 Å². The molecule has 0 bridgehead atoms. The van der Waals surface area contributed by atoms with Crippen LogP contribution in [0.4, 0.5) is 0 Å². The molecule has 0 amide bonds. The van der Waals surface area contributed by atoms with Gasteiger partial charge in [0.15, 0.2) is 0 Å². The zero-order valence-electron chi connectivity index (χ0n) is 9.34. The maximum absolute atomic E-state index is 10.5. The highest BCUT2D eigenvalue weighted by Gasteiger charge is 2.16. The topological polar surface area (TPSA) is 20.2 Å². The standard InChI is InChI=1S/C14H16OS/c1-16(15,14-10-6-3-7-11-14)12-13-8-4-2-5-9-13/h2-11,15H,12H2,1H3. The van der Waals surface area contributed by atoms with E-state index in [1.165, 1.54) is 5.56 Å². The molecule has 1 N–H and O–H groups in total. The predicted octanol–water partition coefficient (Wildman–Crippen LogP) is 4.15. The molecule has 2 heteroatoms. The van der Waals surface area contributed by atoms with Crippen molar-refractivity contribution in [1.29, 1.82) is 0 Å². The monoisotopic (exact) mass is 232 g/mol. The summed E-state index contributed by atoms with van der Waals surface area (Å²) in [5.74, 6) is 0.720. The largest absolute Gasteiger partial charge is 0.347 e. The van der Waals surface area contributed by atoms with E-state index in [0.717, 1.165) is 10.6 Å². The number of hydrogen-bond acceptors (Lipinski definition) is 1. The van der Waals surface area contributed by atoms with Crippen LogP contribution in [0, 0.1) is 0 Å². The Hall–Kier alpha value is -1.25. The zero-order valence-corrected chi connectivity index (χ0v) is 10.2. The van der Waals surface area contributed by atoms with Gasteiger partial charge >= 0.3 is 0 Å². The van der Waals surface area contributed by atoms with Gasteiger partial charge in [-0.05, 0) is 24.0 Å². The van der Waals surface area contributed by atoms with Crippen molar-refractivity contribution >= 4 is 10.3 Å². The molecule has 1 nitrogen and oxygen atoms in total. The van der Waals surface area contributed by atoms with Gasteiger partial charge < -0.3 is 4.55 Å². The Bertz CT molecular complexity index is 437. The van der Waals surface area contributed by atoms with Crippen LogP contribution < -0.4 is 0 Å². The Kier molecular flexibility index (Phi) is 3.32. The molecule has 1 atom stereocenters. The van der Waals surface area contributed by atoms with Crippen LogP contribution in [0.3, 0.4) is 0 Å². The molecule has 2 aromatic carbocycles. The number of benzene rings is 2. The normalized spacial score (nSPS) is 16.4. The lowest BCUT2D eigenvalue weighted by Crippen LogP contribution is -2.00. The average Bonchev–Trinajstić information content (AvgIpc) is 2.31. The van der Waals surface area contributed by atoms with Crippen molar-refractivity contribution < 1.29 is 4.55 Å². The van der Waals surface area contributed by atoms with Crippen molar-refractivity contribution in [3.8, 4) is 0 Å². The summed E-state index contributed by atoms with van der Waals surface area (Å²) in [6, 6.07) is 20.1. The quantitative estimate of drug-likeness (QED) is 0.842. The molecule has 0 saturated heterocycles. The molecule has 2 aromatic rings. The zero-order chi connectivity index (χ0) is 11.4. The molecule has 0 radical (unpaired) electrons. The van der Waals surface area contributed by atoms with E-state index < -0.39 is 10.3 Å². The molecule has 0 saturated carbocycles. The first-order valence-corrected chi connectivity index (χ1v) is 7.43. The van der Waals surface area contributed by atoms with Crippen molar-refractivity contribution in [2.24, 2.45) is 0 Å². The van der Waals surface area contributed by atoms with Crippen molar-refractivity contribution in [2.45, 2.75) is 10.6 Å². The second-order valence-electron chi connectivity index (χ2n) is 3.98. The molecule has 0 spiro atoms. The van der Waals surface area contributed by atoms with Crippen molar-refractivity contribution in [2.75, 3.05) is 6.26 Å². The summed E-state index contributed by atoms with van der Waals surface area (Å²) in [6.45, 7) is 0. The van der Waals surface area contributed by atoms with Gasteiger partial charge in [0, 0.05) is 10.6 Å². The van der Waals surface area contributed by atoms with E-state index >= 15 is 0 Å². The highest BCUT2D eigenvalue weighted by molar-refractivity contribution is 8.27. The molecule has 1 unspecified atom stereocenters. The highest BCUT2D eigenvalue weighted by atomic mass is 32.3. The van der Waals surface area contributed by atoms with Crippen molar-refractivity contribution in [1.82, 2.24) is 0 Å². The average molecular weight is 232 g/mol. The third kappa shape index (κ3) is 2.65. The summed E-state index contributed by atoms with van der Waals surface area (Å²) in [7, 11) is -1.71. The van der Waals surface area contributed by atoms with Crippen LogP contribution in [-0.4, -0.2) is 10.8 Å². The molecular formula is C14H16OS. The summed E-state index contributed by atoms with van der Waals surface area (Å²) < 4.78 is 10.5. The van der Waals surface area contributed by atoms with Crippen LogP contribution in [0.15, 0.2) is 65.6 Å². The van der Waals surface area contributed by atoms with Gasteiger partial charge in [0.1, 0.15) is 0 Å². The molecule has 2 rings (SSSR count). The second kappa shape index (κ2) is 4.73. The molecule has 0 aliphatic heterocycles. The van der Waals surface area contributed by atoms with E-state index in [-0.39, 0.29) is 0 Å². The van der Waals surface area contributed by atoms with E-state index in [0.29, 0.717) is 0 Å².